The number of para-hydroxylation sites is 2. The molecule has 0 atom stereocenters. The van der Waals surface area contributed by atoms with Crippen LogP contribution in [0, 0.1) is 6.92 Å². The fourth-order valence-electron chi connectivity index (χ4n) is 3.84. The number of nitrogens with one attached hydrogen (secondary N) is 1. The highest BCUT2D eigenvalue weighted by atomic mass is 16.1. The molecule has 0 bridgehead atoms. The van der Waals surface area contributed by atoms with Gasteiger partial charge in [-0.15, -0.1) is 0 Å². The highest BCUT2D eigenvalue weighted by Crippen LogP contribution is 2.27. The van der Waals surface area contributed by atoms with E-state index in [0.717, 1.165) is 28.3 Å². The normalized spacial score (nSPS) is 11.0. The molecule has 0 unspecified atom stereocenters. The minimum Gasteiger partial charge on any atom is -0.341 e. The van der Waals surface area contributed by atoms with Crippen LogP contribution in [-0.2, 0) is 6.54 Å². The van der Waals surface area contributed by atoms with Crippen molar-refractivity contribution < 1.29 is 1.43 Å². The van der Waals surface area contributed by atoms with E-state index in [1.807, 2.05) is 84.4 Å². The van der Waals surface area contributed by atoms with E-state index in [1.165, 1.54) is 0 Å². The van der Waals surface area contributed by atoms with Crippen molar-refractivity contribution in [3.63, 3.8) is 0 Å². The number of benzene rings is 2. The molecule has 0 fully saturated rings. The molecule has 2 aromatic carbocycles. The summed E-state index contributed by atoms with van der Waals surface area (Å²) < 4.78 is 4.00. The second-order valence-electron chi connectivity index (χ2n) is 7.40. The molecule has 0 spiro atoms. The van der Waals surface area contributed by atoms with Gasteiger partial charge < -0.3 is 9.88 Å². The molecule has 1 N–H and O–H groups in total. The van der Waals surface area contributed by atoms with E-state index in [9.17, 15) is 4.79 Å². The summed E-state index contributed by atoms with van der Waals surface area (Å²) >= 11 is 0. The zero-order valence-electron chi connectivity index (χ0n) is 17.1. The van der Waals surface area contributed by atoms with E-state index >= 15 is 0 Å². The van der Waals surface area contributed by atoms with Gasteiger partial charge in [-0.2, -0.15) is 0 Å². The van der Waals surface area contributed by atoms with Crippen LogP contribution in [-0.4, -0.2) is 19.1 Å². The molecule has 31 heavy (non-hydrogen) atoms. The van der Waals surface area contributed by atoms with Gasteiger partial charge in [0, 0.05) is 37.0 Å². The predicted molar refractivity (Wildman–Crippen MR) is 125 cm³/mol. The first-order valence-corrected chi connectivity index (χ1v) is 10.1. The van der Waals surface area contributed by atoms with Crippen LogP contribution >= 0.6 is 0 Å². The molecule has 0 aliphatic rings. The number of hydrogen-bond donors (Lipinski definition) is 1. The SMILES string of the molecule is Cc1cc2c(c(Cn3ccnc3)n1)c(=O)cc(Nc1ccccc1)n2-c1ccccc1.[HH]. The molecular formula is C25H23N5O. The third kappa shape index (κ3) is 3.71. The fraction of sp³-hybridized carbons (Fsp3) is 0.0800. The van der Waals surface area contributed by atoms with Gasteiger partial charge in [-0.05, 0) is 37.3 Å². The summed E-state index contributed by atoms with van der Waals surface area (Å²) in [5.41, 5.74) is 4.21. The molecule has 5 rings (SSSR count). The third-order valence-electron chi connectivity index (χ3n) is 5.15. The van der Waals surface area contributed by atoms with Gasteiger partial charge in [-0.1, -0.05) is 36.4 Å². The lowest BCUT2D eigenvalue weighted by atomic mass is 10.1. The molecule has 0 amide bonds. The van der Waals surface area contributed by atoms with Crippen molar-refractivity contribution in [2.45, 2.75) is 13.5 Å². The number of imidazole rings is 1. The van der Waals surface area contributed by atoms with Gasteiger partial charge in [0.15, 0.2) is 5.43 Å². The summed E-state index contributed by atoms with van der Waals surface area (Å²) in [6.45, 7) is 2.43. The quantitative estimate of drug-likeness (QED) is 0.447. The van der Waals surface area contributed by atoms with Crippen molar-refractivity contribution >= 4 is 22.4 Å². The number of nitrogens with zero attached hydrogens (tertiary/aromatic N) is 4. The third-order valence-corrected chi connectivity index (χ3v) is 5.15. The van der Waals surface area contributed by atoms with Crippen molar-refractivity contribution in [1.82, 2.24) is 19.1 Å². The van der Waals surface area contributed by atoms with Crippen LogP contribution in [0.15, 0.2) is 96.3 Å². The Morgan fingerprint density at radius 1 is 1.00 bits per heavy atom. The number of aromatic nitrogens is 4. The average molecular weight is 409 g/mol. The van der Waals surface area contributed by atoms with Gasteiger partial charge in [-0.3, -0.25) is 14.3 Å². The number of fused-ring (bicyclic) bond motifs is 1. The van der Waals surface area contributed by atoms with Crippen LogP contribution in [0.1, 0.15) is 12.8 Å². The van der Waals surface area contributed by atoms with Crippen molar-refractivity contribution in [3.05, 3.63) is 113 Å². The van der Waals surface area contributed by atoms with Gasteiger partial charge in [0.2, 0.25) is 0 Å². The van der Waals surface area contributed by atoms with E-state index in [0.29, 0.717) is 17.7 Å². The standard InChI is InChI=1S/C25H21N5O.H2/c1-18-14-22-25(21(27-18)16-29-13-12-26-17-29)23(31)15-24(28-19-8-4-2-5-9-19)30(22)20-10-6-3-7-11-20;/h2-15,17,28H,16H2,1H3;1H. The summed E-state index contributed by atoms with van der Waals surface area (Å²) in [7, 11) is 0. The Kier molecular flexibility index (Phi) is 4.80. The maximum absolute atomic E-state index is 13.3. The molecular weight excluding hydrogens is 386 g/mol. The zero-order chi connectivity index (χ0) is 21.2. The van der Waals surface area contributed by atoms with Crippen LogP contribution in [0.4, 0.5) is 11.5 Å². The Morgan fingerprint density at radius 2 is 1.74 bits per heavy atom. The molecule has 154 valence electrons. The van der Waals surface area contributed by atoms with Crippen molar-refractivity contribution in [1.29, 1.82) is 0 Å². The molecule has 0 aliphatic carbocycles. The summed E-state index contributed by atoms with van der Waals surface area (Å²) in [6, 6.07) is 23.5. The largest absolute Gasteiger partial charge is 0.341 e. The van der Waals surface area contributed by atoms with Gasteiger partial charge >= 0.3 is 0 Å². The molecule has 0 radical (unpaired) electrons. The van der Waals surface area contributed by atoms with E-state index in [4.69, 9.17) is 4.98 Å². The van der Waals surface area contributed by atoms with Crippen LogP contribution in [0.25, 0.3) is 16.6 Å². The van der Waals surface area contributed by atoms with Gasteiger partial charge in [0.25, 0.3) is 0 Å². The number of rotatable bonds is 5. The first kappa shape index (κ1) is 18.8. The summed E-state index contributed by atoms with van der Waals surface area (Å²) in [5, 5.41) is 4.03. The molecule has 0 saturated carbocycles. The fourth-order valence-corrected chi connectivity index (χ4v) is 3.84. The van der Waals surface area contributed by atoms with Crippen LogP contribution < -0.4 is 10.7 Å². The van der Waals surface area contributed by atoms with Gasteiger partial charge in [0.1, 0.15) is 5.82 Å². The Morgan fingerprint density at radius 3 is 2.45 bits per heavy atom. The highest BCUT2D eigenvalue weighted by molar-refractivity contribution is 5.86. The Balaban J connectivity index is 0.00000245. The molecule has 5 aromatic rings. The van der Waals surface area contributed by atoms with E-state index in [-0.39, 0.29) is 6.86 Å². The summed E-state index contributed by atoms with van der Waals surface area (Å²) in [5.74, 6) is 0.703. The zero-order valence-corrected chi connectivity index (χ0v) is 17.1. The summed E-state index contributed by atoms with van der Waals surface area (Å²) in [6.07, 6.45) is 5.33. The van der Waals surface area contributed by atoms with Crippen LogP contribution in [0.3, 0.4) is 0 Å². The Hall–Kier alpha value is -4.19. The molecule has 6 heteroatoms. The lowest BCUT2D eigenvalue weighted by Gasteiger charge is -2.20. The van der Waals surface area contributed by atoms with Crippen LogP contribution in [0.2, 0.25) is 0 Å². The topological polar surface area (TPSA) is 64.7 Å². The number of aryl methyl sites for hydroxylation is 1. The smallest absolute Gasteiger partial charge is 0.193 e. The molecule has 6 nitrogen and oxygen atoms in total. The maximum Gasteiger partial charge on any atom is 0.193 e. The lowest BCUT2D eigenvalue weighted by Crippen LogP contribution is -2.16. The maximum atomic E-state index is 13.3. The minimum absolute atomic E-state index is 0. The van der Waals surface area contributed by atoms with Gasteiger partial charge in [0.05, 0.1) is 29.5 Å². The molecule has 3 heterocycles. The van der Waals surface area contributed by atoms with E-state index in [2.05, 4.69) is 14.9 Å². The molecule has 3 aromatic heterocycles. The first-order valence-electron chi connectivity index (χ1n) is 10.1. The van der Waals surface area contributed by atoms with Crippen molar-refractivity contribution in [2.75, 3.05) is 5.32 Å². The molecule has 0 aliphatic heterocycles. The number of anilines is 2. The Labute approximate surface area is 180 Å². The lowest BCUT2D eigenvalue weighted by molar-refractivity contribution is 0.775. The first-order chi connectivity index (χ1) is 15.2. The molecule has 0 saturated heterocycles. The van der Waals surface area contributed by atoms with Gasteiger partial charge in [-0.25, -0.2) is 4.98 Å². The van der Waals surface area contributed by atoms with Crippen molar-refractivity contribution in [2.24, 2.45) is 0 Å². The second-order valence-corrected chi connectivity index (χ2v) is 7.40. The average Bonchev–Trinajstić information content (AvgIpc) is 3.28. The monoisotopic (exact) mass is 409 g/mol. The van der Waals surface area contributed by atoms with E-state index < -0.39 is 0 Å². The minimum atomic E-state index is -0.0665. The number of pyridine rings is 2. The second kappa shape index (κ2) is 7.91. The van der Waals surface area contributed by atoms with Crippen molar-refractivity contribution in [3.8, 4) is 5.69 Å². The van der Waals surface area contributed by atoms with Crippen LogP contribution in [0.5, 0.6) is 0 Å². The predicted octanol–water partition coefficient (Wildman–Crippen LogP) is 4.93. The Bertz CT molecular complexity index is 1400. The highest BCUT2D eigenvalue weighted by Gasteiger charge is 2.16. The van der Waals surface area contributed by atoms with E-state index in [1.54, 1.807) is 18.6 Å². The number of hydrogen-bond acceptors (Lipinski definition) is 4. The summed E-state index contributed by atoms with van der Waals surface area (Å²) in [4.78, 5) is 22.1.